The highest BCUT2D eigenvalue weighted by atomic mass is 16.2. The number of benzene rings is 1. The van der Waals surface area contributed by atoms with Crippen LogP contribution in [0.1, 0.15) is 69.4 Å². The molecule has 166 valence electrons. The average molecular weight is 432 g/mol. The molecule has 7 nitrogen and oxygen atoms in total. The Labute approximate surface area is 187 Å². The number of aromatic amines is 1. The van der Waals surface area contributed by atoms with Crippen molar-refractivity contribution in [1.29, 1.82) is 0 Å². The molecule has 7 heteroatoms. The smallest absolute Gasteiger partial charge is 0.268 e. The van der Waals surface area contributed by atoms with Crippen LogP contribution in [0, 0.1) is 19.8 Å². The van der Waals surface area contributed by atoms with E-state index in [4.69, 9.17) is 5.73 Å². The van der Waals surface area contributed by atoms with Gasteiger partial charge in [0.25, 0.3) is 11.8 Å². The number of aromatic nitrogens is 2. The van der Waals surface area contributed by atoms with Crippen LogP contribution in [0.15, 0.2) is 36.5 Å². The van der Waals surface area contributed by atoms with E-state index < -0.39 is 0 Å². The second-order valence-corrected chi connectivity index (χ2v) is 9.26. The van der Waals surface area contributed by atoms with Crippen molar-refractivity contribution in [2.75, 3.05) is 0 Å². The second-order valence-electron chi connectivity index (χ2n) is 9.26. The number of carbonyl (C=O) groups excluding carboxylic acids is 2. The summed E-state index contributed by atoms with van der Waals surface area (Å²) in [6, 6.07) is 9.67. The van der Waals surface area contributed by atoms with Gasteiger partial charge < -0.3 is 21.4 Å². The number of pyridine rings is 1. The van der Waals surface area contributed by atoms with Crippen molar-refractivity contribution in [1.82, 2.24) is 20.6 Å². The van der Waals surface area contributed by atoms with Crippen molar-refractivity contribution < 1.29 is 9.59 Å². The molecular weight excluding hydrogens is 402 g/mol. The van der Waals surface area contributed by atoms with E-state index in [-0.39, 0.29) is 29.9 Å². The Hall–Kier alpha value is -3.19. The molecule has 0 radical (unpaired) electrons. The molecule has 2 aliphatic carbocycles. The van der Waals surface area contributed by atoms with Gasteiger partial charge in [-0.05, 0) is 68.7 Å². The zero-order valence-corrected chi connectivity index (χ0v) is 18.4. The van der Waals surface area contributed by atoms with Crippen molar-refractivity contribution in [3.63, 3.8) is 0 Å². The topological polar surface area (TPSA) is 113 Å². The molecule has 1 aromatic carbocycles. The van der Waals surface area contributed by atoms with Gasteiger partial charge in [0, 0.05) is 29.2 Å². The summed E-state index contributed by atoms with van der Waals surface area (Å²) in [6.07, 6.45) is 5.58. The summed E-state index contributed by atoms with van der Waals surface area (Å²) < 4.78 is 0. The summed E-state index contributed by atoms with van der Waals surface area (Å²) in [5, 5.41) is 7.20. The third kappa shape index (κ3) is 3.88. The molecule has 2 fully saturated rings. The van der Waals surface area contributed by atoms with Crippen LogP contribution in [-0.4, -0.2) is 33.9 Å². The maximum Gasteiger partial charge on any atom is 0.268 e. The predicted molar refractivity (Wildman–Crippen MR) is 123 cm³/mol. The number of hydrogen-bond donors (Lipinski definition) is 4. The Morgan fingerprint density at radius 1 is 1.09 bits per heavy atom. The molecule has 1 unspecified atom stereocenters. The maximum atomic E-state index is 13.1. The van der Waals surface area contributed by atoms with Gasteiger partial charge in [-0.2, -0.15) is 0 Å². The minimum Gasteiger partial charge on any atom is -0.350 e. The van der Waals surface area contributed by atoms with Crippen molar-refractivity contribution >= 4 is 22.7 Å². The van der Waals surface area contributed by atoms with Gasteiger partial charge in [0.1, 0.15) is 5.69 Å². The molecule has 2 amide bonds. The van der Waals surface area contributed by atoms with Crippen molar-refractivity contribution in [3.8, 4) is 0 Å². The van der Waals surface area contributed by atoms with Gasteiger partial charge in [0.15, 0.2) is 0 Å². The third-order valence-electron chi connectivity index (χ3n) is 6.81. The van der Waals surface area contributed by atoms with E-state index in [1.54, 1.807) is 6.20 Å². The van der Waals surface area contributed by atoms with Crippen molar-refractivity contribution in [3.05, 3.63) is 64.6 Å². The number of nitrogens with one attached hydrogen (secondary N) is 3. The molecule has 0 saturated heterocycles. The Morgan fingerprint density at radius 2 is 1.91 bits per heavy atom. The molecule has 2 saturated carbocycles. The molecule has 5 N–H and O–H groups in total. The summed E-state index contributed by atoms with van der Waals surface area (Å²) >= 11 is 0. The van der Waals surface area contributed by atoms with Gasteiger partial charge in [-0.15, -0.1) is 0 Å². The number of para-hydroxylation sites is 1. The Bertz CT molecular complexity index is 1200. The van der Waals surface area contributed by atoms with E-state index in [9.17, 15) is 9.59 Å². The number of nitrogens with two attached hydrogens (primary N) is 1. The number of nitrogens with zero attached hydrogens (tertiary/aromatic N) is 1. The lowest BCUT2D eigenvalue weighted by atomic mass is 9.87. The summed E-state index contributed by atoms with van der Waals surface area (Å²) in [6.45, 7) is 3.97. The molecule has 3 atom stereocenters. The van der Waals surface area contributed by atoms with Gasteiger partial charge in [-0.25, -0.2) is 0 Å². The zero-order chi connectivity index (χ0) is 22.4. The lowest BCUT2D eigenvalue weighted by Crippen LogP contribution is -2.54. The SMILES string of the molecule is Cc1cc(C(=O)N[C@H]2CC[C@H]2N)cnc1C(NC(=O)c1cc2cccc(C)c2[nH]1)C1CC1. The van der Waals surface area contributed by atoms with Gasteiger partial charge in [0.05, 0.1) is 17.3 Å². The fourth-order valence-corrected chi connectivity index (χ4v) is 4.48. The van der Waals surface area contributed by atoms with Gasteiger partial charge in [-0.3, -0.25) is 14.6 Å². The van der Waals surface area contributed by atoms with Crippen LogP contribution in [0.2, 0.25) is 0 Å². The molecule has 0 spiro atoms. The lowest BCUT2D eigenvalue weighted by molar-refractivity contribution is 0.0901. The lowest BCUT2D eigenvalue weighted by Gasteiger charge is -2.34. The number of rotatable bonds is 6. The van der Waals surface area contributed by atoms with E-state index in [1.165, 1.54) is 0 Å². The van der Waals surface area contributed by atoms with Crippen LogP contribution in [-0.2, 0) is 0 Å². The van der Waals surface area contributed by atoms with Gasteiger partial charge in [-0.1, -0.05) is 18.2 Å². The fraction of sp³-hybridized carbons (Fsp3) is 0.400. The molecule has 5 rings (SSSR count). The van der Waals surface area contributed by atoms with Crippen LogP contribution in [0.25, 0.3) is 10.9 Å². The predicted octanol–water partition coefficient (Wildman–Crippen LogP) is 3.28. The number of amides is 2. The van der Waals surface area contributed by atoms with E-state index in [1.807, 2.05) is 44.2 Å². The minimum absolute atomic E-state index is 0.0372. The first-order chi connectivity index (χ1) is 15.4. The minimum atomic E-state index is -0.174. The zero-order valence-electron chi connectivity index (χ0n) is 18.4. The Morgan fingerprint density at radius 3 is 2.53 bits per heavy atom. The summed E-state index contributed by atoms with van der Waals surface area (Å²) in [5.41, 5.74) is 10.8. The average Bonchev–Trinajstić information content (AvgIpc) is 3.52. The molecule has 2 aliphatic rings. The first kappa shape index (κ1) is 20.7. The van der Waals surface area contributed by atoms with Crippen molar-refractivity contribution in [2.24, 2.45) is 11.7 Å². The number of aryl methyl sites for hydroxylation is 2. The van der Waals surface area contributed by atoms with Crippen LogP contribution >= 0.6 is 0 Å². The van der Waals surface area contributed by atoms with Gasteiger partial charge in [0.2, 0.25) is 0 Å². The van der Waals surface area contributed by atoms with Crippen molar-refractivity contribution in [2.45, 2.75) is 57.7 Å². The summed E-state index contributed by atoms with van der Waals surface area (Å²) in [4.78, 5) is 33.5. The summed E-state index contributed by atoms with van der Waals surface area (Å²) in [7, 11) is 0. The number of H-pyrrole nitrogens is 1. The highest BCUT2D eigenvalue weighted by Gasteiger charge is 2.36. The van der Waals surface area contributed by atoms with Gasteiger partial charge >= 0.3 is 0 Å². The van der Waals surface area contributed by atoms with Crippen LogP contribution in [0.5, 0.6) is 0 Å². The normalized spacial score (nSPS) is 21.1. The molecule has 32 heavy (non-hydrogen) atoms. The highest BCUT2D eigenvalue weighted by molar-refractivity contribution is 5.99. The molecule has 0 bridgehead atoms. The van der Waals surface area contributed by atoms with E-state index in [2.05, 4.69) is 20.6 Å². The van der Waals surface area contributed by atoms with E-state index in [0.717, 1.165) is 53.4 Å². The first-order valence-electron chi connectivity index (χ1n) is 11.3. The highest BCUT2D eigenvalue weighted by Crippen LogP contribution is 2.41. The van der Waals surface area contributed by atoms with Crippen LogP contribution in [0.3, 0.4) is 0 Å². The molecular formula is C25H29N5O2. The Balaban J connectivity index is 1.35. The number of fused-ring (bicyclic) bond motifs is 1. The standard InChI is InChI=1S/C25H29N5O2/c1-13-4-3-5-16-11-20(28-21(13)16)25(32)30-23(15-6-7-15)22-14(2)10-17(12-27-22)24(31)29-19-9-8-18(19)26/h3-5,10-12,15,18-19,23,28H,6-9,26H2,1-2H3,(H,29,31)(H,30,32)/t18-,19+,23?/m1/s1. The van der Waals surface area contributed by atoms with E-state index in [0.29, 0.717) is 17.2 Å². The quantitative estimate of drug-likeness (QED) is 0.480. The third-order valence-corrected chi connectivity index (χ3v) is 6.81. The van der Waals surface area contributed by atoms with Crippen LogP contribution in [0.4, 0.5) is 0 Å². The first-order valence-corrected chi connectivity index (χ1v) is 11.3. The van der Waals surface area contributed by atoms with Crippen LogP contribution < -0.4 is 16.4 Å². The Kier molecular flexibility index (Phi) is 5.21. The maximum absolute atomic E-state index is 13.1. The molecule has 0 aliphatic heterocycles. The fourth-order valence-electron chi connectivity index (χ4n) is 4.48. The molecule has 3 aromatic rings. The molecule has 2 heterocycles. The van der Waals surface area contributed by atoms with E-state index >= 15 is 0 Å². The molecule has 2 aromatic heterocycles. The number of hydrogen-bond acceptors (Lipinski definition) is 4. The second kappa shape index (κ2) is 8.06. The monoisotopic (exact) mass is 431 g/mol. The summed E-state index contributed by atoms with van der Waals surface area (Å²) in [5.74, 6) is 0.0798. The number of carbonyl (C=O) groups is 2. The largest absolute Gasteiger partial charge is 0.350 e.